The van der Waals surface area contributed by atoms with Gasteiger partial charge in [-0.3, -0.25) is 4.68 Å². The third kappa shape index (κ3) is 4.11. The molecule has 0 bridgehead atoms. The van der Waals surface area contributed by atoms with Crippen LogP contribution in [0.25, 0.3) is 0 Å². The summed E-state index contributed by atoms with van der Waals surface area (Å²) in [6.45, 7) is 2.71. The lowest BCUT2D eigenvalue weighted by molar-refractivity contribution is 0.463. The van der Waals surface area contributed by atoms with Gasteiger partial charge in [0.1, 0.15) is 11.6 Å². The van der Waals surface area contributed by atoms with E-state index in [0.29, 0.717) is 17.4 Å². The summed E-state index contributed by atoms with van der Waals surface area (Å²) in [5.41, 5.74) is 1.02. The maximum Gasteiger partial charge on any atom is 0.132 e. The molecular formula is C15H18BrF2N3. The zero-order valence-corrected chi connectivity index (χ0v) is 13.6. The van der Waals surface area contributed by atoms with Gasteiger partial charge in [0.15, 0.2) is 0 Å². The number of hydrogen-bond acceptors (Lipinski definition) is 2. The zero-order chi connectivity index (χ0) is 15.4. The Morgan fingerprint density at radius 3 is 2.52 bits per heavy atom. The Morgan fingerprint density at radius 1 is 1.33 bits per heavy atom. The first-order chi connectivity index (χ1) is 10.0. The molecule has 0 aliphatic rings. The van der Waals surface area contributed by atoms with E-state index in [1.807, 2.05) is 20.2 Å². The molecule has 0 spiro atoms. The highest BCUT2D eigenvalue weighted by molar-refractivity contribution is 9.10. The van der Waals surface area contributed by atoms with Crippen LogP contribution in [0.2, 0.25) is 0 Å². The number of rotatable bonds is 6. The first-order valence-electron chi connectivity index (χ1n) is 6.86. The van der Waals surface area contributed by atoms with Gasteiger partial charge in [0.25, 0.3) is 0 Å². The number of halogens is 3. The zero-order valence-electron chi connectivity index (χ0n) is 12.0. The molecule has 2 rings (SSSR count). The minimum Gasteiger partial charge on any atom is -0.309 e. The maximum atomic E-state index is 14.2. The van der Waals surface area contributed by atoms with Crippen LogP contribution in [-0.2, 0) is 13.5 Å². The summed E-state index contributed by atoms with van der Waals surface area (Å²) < 4.78 is 30.4. The third-order valence-corrected chi connectivity index (χ3v) is 3.69. The predicted molar refractivity (Wildman–Crippen MR) is 82.0 cm³/mol. The molecule has 1 aromatic carbocycles. The van der Waals surface area contributed by atoms with E-state index in [1.54, 1.807) is 10.9 Å². The first-order valence-corrected chi connectivity index (χ1v) is 7.66. The Morgan fingerprint density at radius 2 is 2.00 bits per heavy atom. The highest BCUT2D eigenvalue weighted by Gasteiger charge is 2.21. The van der Waals surface area contributed by atoms with Crippen molar-refractivity contribution in [2.45, 2.75) is 25.8 Å². The average molecular weight is 358 g/mol. The number of nitrogens with zero attached hydrogens (tertiary/aromatic N) is 2. The van der Waals surface area contributed by atoms with E-state index >= 15 is 0 Å². The van der Waals surface area contributed by atoms with E-state index in [9.17, 15) is 8.78 Å². The van der Waals surface area contributed by atoms with Gasteiger partial charge in [0, 0.05) is 29.3 Å². The number of nitrogens with one attached hydrogen (secondary N) is 1. The second kappa shape index (κ2) is 7.13. The van der Waals surface area contributed by atoms with Crippen LogP contribution in [0.15, 0.2) is 29.0 Å². The van der Waals surface area contributed by atoms with Crippen LogP contribution in [0.5, 0.6) is 0 Å². The molecule has 21 heavy (non-hydrogen) atoms. The van der Waals surface area contributed by atoms with Crippen molar-refractivity contribution in [2.75, 3.05) is 6.54 Å². The van der Waals surface area contributed by atoms with Gasteiger partial charge in [-0.25, -0.2) is 8.78 Å². The van der Waals surface area contributed by atoms with Crippen LogP contribution in [0.3, 0.4) is 0 Å². The van der Waals surface area contributed by atoms with Gasteiger partial charge in [0.2, 0.25) is 0 Å². The predicted octanol–water partition coefficient (Wildman–Crippen LogP) is 3.74. The molecule has 1 N–H and O–H groups in total. The van der Waals surface area contributed by atoms with E-state index in [0.717, 1.165) is 12.0 Å². The van der Waals surface area contributed by atoms with E-state index in [4.69, 9.17) is 0 Å². The molecule has 6 heteroatoms. The molecule has 0 aliphatic heterocycles. The van der Waals surface area contributed by atoms with Crippen LogP contribution in [0, 0.1) is 11.6 Å². The molecule has 114 valence electrons. The lowest BCUT2D eigenvalue weighted by Gasteiger charge is -2.20. The van der Waals surface area contributed by atoms with Gasteiger partial charge >= 0.3 is 0 Å². The van der Waals surface area contributed by atoms with E-state index in [1.165, 1.54) is 12.1 Å². The number of aryl methyl sites for hydroxylation is 1. The van der Waals surface area contributed by atoms with Crippen molar-refractivity contribution in [1.82, 2.24) is 15.1 Å². The van der Waals surface area contributed by atoms with Crippen LogP contribution in [0.1, 0.15) is 30.5 Å². The second-order valence-corrected chi connectivity index (χ2v) is 5.93. The Hall–Kier alpha value is -1.27. The summed E-state index contributed by atoms with van der Waals surface area (Å²) in [5.74, 6) is -1.08. The average Bonchev–Trinajstić information content (AvgIpc) is 2.80. The highest BCUT2D eigenvalue weighted by atomic mass is 79.9. The van der Waals surface area contributed by atoms with E-state index in [-0.39, 0.29) is 5.56 Å². The summed E-state index contributed by atoms with van der Waals surface area (Å²) in [7, 11) is 1.82. The third-order valence-electron chi connectivity index (χ3n) is 3.23. The van der Waals surface area contributed by atoms with Crippen molar-refractivity contribution in [3.05, 3.63) is 51.8 Å². The van der Waals surface area contributed by atoms with E-state index < -0.39 is 17.7 Å². The van der Waals surface area contributed by atoms with E-state index in [2.05, 4.69) is 26.3 Å². The molecule has 0 saturated heterocycles. The van der Waals surface area contributed by atoms with Gasteiger partial charge in [-0.2, -0.15) is 5.10 Å². The van der Waals surface area contributed by atoms with Crippen LogP contribution in [0.4, 0.5) is 8.78 Å². The molecule has 1 atom stereocenters. The highest BCUT2D eigenvalue weighted by Crippen LogP contribution is 2.27. The molecule has 1 aromatic heterocycles. The van der Waals surface area contributed by atoms with Gasteiger partial charge in [-0.1, -0.05) is 22.9 Å². The van der Waals surface area contributed by atoms with Crippen LogP contribution >= 0.6 is 15.9 Å². The van der Waals surface area contributed by atoms with Gasteiger partial charge in [-0.15, -0.1) is 0 Å². The molecule has 1 heterocycles. The molecule has 0 amide bonds. The van der Waals surface area contributed by atoms with Crippen molar-refractivity contribution in [3.63, 3.8) is 0 Å². The topological polar surface area (TPSA) is 29.9 Å². The molecular weight excluding hydrogens is 340 g/mol. The van der Waals surface area contributed by atoms with Crippen molar-refractivity contribution in [1.29, 1.82) is 0 Å². The maximum absolute atomic E-state index is 14.2. The molecule has 0 radical (unpaired) electrons. The Kier molecular flexibility index (Phi) is 5.47. The Labute approximate surface area is 131 Å². The van der Waals surface area contributed by atoms with Crippen molar-refractivity contribution in [3.8, 4) is 0 Å². The molecule has 3 nitrogen and oxygen atoms in total. The normalized spacial score (nSPS) is 12.6. The van der Waals surface area contributed by atoms with Crippen LogP contribution in [-0.4, -0.2) is 16.3 Å². The quantitative estimate of drug-likeness (QED) is 0.853. The molecule has 1 unspecified atom stereocenters. The van der Waals surface area contributed by atoms with Crippen LogP contribution < -0.4 is 5.32 Å². The number of aromatic nitrogens is 2. The van der Waals surface area contributed by atoms with Crippen molar-refractivity contribution < 1.29 is 8.78 Å². The lowest BCUT2D eigenvalue weighted by Crippen LogP contribution is -2.26. The molecule has 0 aliphatic carbocycles. The number of benzene rings is 1. The van der Waals surface area contributed by atoms with Gasteiger partial charge in [0.05, 0.1) is 6.20 Å². The fourth-order valence-electron chi connectivity index (χ4n) is 2.29. The number of hydrogen-bond donors (Lipinski definition) is 1. The molecule has 0 fully saturated rings. The van der Waals surface area contributed by atoms with Gasteiger partial charge < -0.3 is 5.32 Å². The standard InChI is InChI=1S/C15H18BrF2N3/c1-3-4-19-14(5-10-8-20-21(2)9-10)15-12(17)6-11(16)7-13(15)18/h6-9,14,19H,3-5H2,1-2H3. The van der Waals surface area contributed by atoms with Crippen molar-refractivity contribution >= 4 is 15.9 Å². The van der Waals surface area contributed by atoms with Crippen molar-refractivity contribution in [2.24, 2.45) is 7.05 Å². The first kappa shape index (κ1) is 16.1. The summed E-state index contributed by atoms with van der Waals surface area (Å²) >= 11 is 3.11. The molecule has 0 saturated carbocycles. The monoisotopic (exact) mass is 357 g/mol. The summed E-state index contributed by atoms with van der Waals surface area (Å²) in [6.07, 6.45) is 4.96. The Balaban J connectivity index is 2.31. The summed E-state index contributed by atoms with van der Waals surface area (Å²) in [6, 6.07) is 2.17. The Bertz CT molecular complexity index is 590. The van der Waals surface area contributed by atoms with Gasteiger partial charge in [-0.05, 0) is 37.1 Å². The smallest absolute Gasteiger partial charge is 0.132 e. The fraction of sp³-hybridized carbons (Fsp3) is 0.400. The summed E-state index contributed by atoms with van der Waals surface area (Å²) in [4.78, 5) is 0. The lowest BCUT2D eigenvalue weighted by atomic mass is 9.99. The largest absolute Gasteiger partial charge is 0.309 e. The SMILES string of the molecule is CCCNC(Cc1cnn(C)c1)c1c(F)cc(Br)cc1F. The fourth-order valence-corrected chi connectivity index (χ4v) is 2.70. The molecule has 2 aromatic rings. The minimum atomic E-state index is -0.542. The minimum absolute atomic E-state index is 0.0792. The summed E-state index contributed by atoms with van der Waals surface area (Å²) in [5, 5.41) is 7.31. The second-order valence-electron chi connectivity index (χ2n) is 5.02.